The van der Waals surface area contributed by atoms with Crippen LogP contribution < -0.4 is 19.5 Å². The monoisotopic (exact) mass is 596 g/mol. The first kappa shape index (κ1) is 30.7. The molecule has 0 radical (unpaired) electrons. The lowest BCUT2D eigenvalue weighted by Crippen LogP contribution is -2.50. The van der Waals surface area contributed by atoms with Crippen LogP contribution in [0.25, 0.3) is 0 Å². The number of benzene rings is 3. The number of fused-ring (bicyclic) bond motifs is 1. The molecule has 1 heterocycles. The molecule has 3 atom stereocenters. The van der Waals surface area contributed by atoms with Crippen LogP contribution in [0.3, 0.4) is 0 Å². The van der Waals surface area contributed by atoms with Gasteiger partial charge in [0.1, 0.15) is 11.9 Å². The molecule has 1 aliphatic heterocycles. The normalized spacial score (nSPS) is 17.6. The van der Waals surface area contributed by atoms with Gasteiger partial charge in [-0.1, -0.05) is 31.2 Å². The van der Waals surface area contributed by atoms with Gasteiger partial charge in [0.15, 0.2) is 5.75 Å². The first-order valence-corrected chi connectivity index (χ1v) is 15.0. The van der Waals surface area contributed by atoms with Crippen LogP contribution in [-0.2, 0) is 10.0 Å². The highest BCUT2D eigenvalue weighted by Gasteiger charge is 2.35. The number of anilines is 2. The molecule has 0 aliphatic carbocycles. The van der Waals surface area contributed by atoms with Crippen molar-refractivity contribution in [1.82, 2.24) is 9.80 Å². The van der Waals surface area contributed by atoms with Gasteiger partial charge in [0, 0.05) is 25.2 Å². The number of aliphatic hydroxyl groups is 1. The Kier molecular flexibility index (Phi) is 9.59. The van der Waals surface area contributed by atoms with Crippen molar-refractivity contribution in [2.75, 3.05) is 43.9 Å². The molecule has 12 heteroatoms. The molecule has 0 unspecified atom stereocenters. The van der Waals surface area contributed by atoms with Crippen LogP contribution in [0.1, 0.15) is 24.2 Å². The number of aliphatic hydroxyl groups excluding tert-OH is 1. The van der Waals surface area contributed by atoms with Gasteiger partial charge in [-0.3, -0.25) is 9.52 Å². The Hall–Kier alpha value is -4.29. The molecular formula is C30H36N4O7S. The highest BCUT2D eigenvalue weighted by atomic mass is 32.2. The van der Waals surface area contributed by atoms with Crippen molar-refractivity contribution < 1.29 is 32.6 Å². The molecule has 42 heavy (non-hydrogen) atoms. The van der Waals surface area contributed by atoms with Gasteiger partial charge in [-0.15, -0.1) is 0 Å². The molecule has 0 spiro atoms. The summed E-state index contributed by atoms with van der Waals surface area (Å²) in [4.78, 5) is 29.7. The van der Waals surface area contributed by atoms with Crippen LogP contribution in [-0.4, -0.2) is 81.3 Å². The van der Waals surface area contributed by atoms with E-state index in [1.165, 1.54) is 42.3 Å². The quantitative estimate of drug-likeness (QED) is 0.341. The number of para-hydroxylation sites is 2. The molecule has 0 aromatic heterocycles. The minimum Gasteiger partial charge on any atom is -0.497 e. The topological polar surface area (TPSA) is 138 Å². The molecule has 3 amide bonds. The minimum absolute atomic E-state index is 0.00385. The fourth-order valence-electron chi connectivity index (χ4n) is 4.59. The Bertz CT molecular complexity index is 1500. The van der Waals surface area contributed by atoms with Crippen molar-refractivity contribution in [1.29, 1.82) is 0 Å². The standard InChI is InChI=1S/C30H36N4O7S/c1-20-17-34(21(2)19-35)29(36)25-11-8-12-26(32-42(38,39)24-15-13-23(40-4)14-16-24)28(25)41-27(20)18-33(3)30(37)31-22-9-6-5-7-10-22/h5-16,20-21,27,32,35H,17-19H2,1-4H3,(H,31,37)/t20-,21-,27-/m1/s1. The maximum atomic E-state index is 13.7. The summed E-state index contributed by atoms with van der Waals surface area (Å²) >= 11 is 0. The fraction of sp³-hybridized carbons (Fsp3) is 0.333. The number of hydrogen-bond acceptors (Lipinski definition) is 7. The highest BCUT2D eigenvalue weighted by molar-refractivity contribution is 7.92. The predicted molar refractivity (Wildman–Crippen MR) is 159 cm³/mol. The minimum atomic E-state index is -4.07. The Balaban J connectivity index is 1.69. The number of ether oxygens (including phenoxy) is 2. The molecule has 0 saturated carbocycles. The summed E-state index contributed by atoms with van der Waals surface area (Å²) in [5.41, 5.74) is 0.845. The molecule has 3 aromatic rings. The summed E-state index contributed by atoms with van der Waals surface area (Å²) < 4.78 is 40.8. The van der Waals surface area contributed by atoms with Crippen LogP contribution in [0.15, 0.2) is 77.7 Å². The van der Waals surface area contributed by atoms with Gasteiger partial charge < -0.3 is 29.7 Å². The van der Waals surface area contributed by atoms with Gasteiger partial charge in [-0.25, -0.2) is 13.2 Å². The number of methoxy groups -OCH3 is 1. The molecule has 3 N–H and O–H groups in total. The SMILES string of the molecule is COc1ccc(S(=O)(=O)Nc2cccc3c2O[C@H](CN(C)C(=O)Nc2ccccc2)[C@H](C)CN([C@H](C)CO)C3=O)cc1. The number of nitrogens with zero attached hydrogens (tertiary/aromatic N) is 2. The number of nitrogens with one attached hydrogen (secondary N) is 2. The Morgan fingerprint density at radius 2 is 1.81 bits per heavy atom. The van der Waals surface area contributed by atoms with Crippen LogP contribution in [0.5, 0.6) is 11.5 Å². The number of carbonyl (C=O) groups is 2. The van der Waals surface area contributed by atoms with Crippen molar-refractivity contribution >= 4 is 33.3 Å². The van der Waals surface area contributed by atoms with Gasteiger partial charge in [0.05, 0.1) is 42.4 Å². The summed E-state index contributed by atoms with van der Waals surface area (Å²) in [7, 11) is -0.956. The van der Waals surface area contributed by atoms with E-state index in [0.29, 0.717) is 11.4 Å². The Morgan fingerprint density at radius 3 is 2.45 bits per heavy atom. The number of hydrogen-bond donors (Lipinski definition) is 3. The highest BCUT2D eigenvalue weighted by Crippen LogP contribution is 2.36. The second kappa shape index (κ2) is 13.1. The second-order valence-electron chi connectivity index (χ2n) is 10.3. The number of urea groups is 1. The number of rotatable bonds is 9. The van der Waals surface area contributed by atoms with Crippen molar-refractivity contribution in [3.8, 4) is 11.5 Å². The third-order valence-electron chi connectivity index (χ3n) is 7.13. The lowest BCUT2D eigenvalue weighted by atomic mass is 9.99. The van der Waals surface area contributed by atoms with Gasteiger partial charge in [-0.05, 0) is 55.5 Å². The first-order valence-electron chi connectivity index (χ1n) is 13.5. The molecule has 4 rings (SSSR count). The van der Waals surface area contributed by atoms with Crippen molar-refractivity contribution in [2.24, 2.45) is 5.92 Å². The van der Waals surface area contributed by atoms with Crippen LogP contribution in [0.2, 0.25) is 0 Å². The largest absolute Gasteiger partial charge is 0.497 e. The van der Waals surface area contributed by atoms with Crippen molar-refractivity contribution in [3.63, 3.8) is 0 Å². The third-order valence-corrected chi connectivity index (χ3v) is 8.51. The average Bonchev–Trinajstić information content (AvgIpc) is 2.99. The Morgan fingerprint density at radius 1 is 1.12 bits per heavy atom. The van der Waals surface area contributed by atoms with Crippen LogP contribution in [0, 0.1) is 5.92 Å². The maximum Gasteiger partial charge on any atom is 0.321 e. The second-order valence-corrected chi connectivity index (χ2v) is 11.9. The van der Waals surface area contributed by atoms with Gasteiger partial charge >= 0.3 is 6.03 Å². The van der Waals surface area contributed by atoms with Gasteiger partial charge in [0.25, 0.3) is 15.9 Å². The zero-order chi connectivity index (χ0) is 30.4. The molecule has 0 bridgehead atoms. The average molecular weight is 597 g/mol. The third kappa shape index (κ3) is 6.94. The molecule has 1 aliphatic rings. The molecule has 0 saturated heterocycles. The number of carbonyl (C=O) groups excluding carboxylic acids is 2. The van der Waals surface area contributed by atoms with Crippen molar-refractivity contribution in [3.05, 3.63) is 78.4 Å². The summed E-state index contributed by atoms with van der Waals surface area (Å²) in [5.74, 6) is -0.155. The summed E-state index contributed by atoms with van der Waals surface area (Å²) in [6.07, 6.45) is -0.636. The van der Waals surface area contributed by atoms with Crippen LogP contribution >= 0.6 is 0 Å². The van der Waals surface area contributed by atoms with E-state index >= 15 is 0 Å². The number of amides is 3. The van der Waals surface area contributed by atoms with E-state index < -0.39 is 28.1 Å². The van der Waals surface area contributed by atoms with Crippen LogP contribution in [0.4, 0.5) is 16.2 Å². The number of likely N-dealkylation sites (N-methyl/N-ethyl adjacent to an activating group) is 1. The number of sulfonamides is 1. The predicted octanol–water partition coefficient (Wildman–Crippen LogP) is 3.88. The molecule has 11 nitrogen and oxygen atoms in total. The first-order chi connectivity index (χ1) is 20.0. The van der Waals surface area contributed by atoms with E-state index in [0.717, 1.165) is 0 Å². The smallest absolute Gasteiger partial charge is 0.321 e. The van der Waals surface area contributed by atoms with E-state index in [1.54, 1.807) is 43.1 Å². The van der Waals surface area contributed by atoms with Gasteiger partial charge in [0.2, 0.25) is 0 Å². The Labute approximate surface area is 246 Å². The summed E-state index contributed by atoms with van der Waals surface area (Å²) in [6.45, 7) is 3.74. The van der Waals surface area contributed by atoms with E-state index in [2.05, 4.69) is 10.0 Å². The van der Waals surface area contributed by atoms with E-state index in [1.807, 2.05) is 25.1 Å². The van der Waals surface area contributed by atoms with E-state index in [4.69, 9.17) is 9.47 Å². The molecule has 3 aromatic carbocycles. The zero-order valence-corrected chi connectivity index (χ0v) is 24.8. The lowest BCUT2D eigenvalue weighted by molar-refractivity contribution is 0.0373. The van der Waals surface area contributed by atoms with E-state index in [-0.39, 0.29) is 53.5 Å². The zero-order valence-electron chi connectivity index (χ0n) is 24.0. The van der Waals surface area contributed by atoms with Crippen molar-refractivity contribution in [2.45, 2.75) is 30.9 Å². The molecule has 0 fully saturated rings. The summed E-state index contributed by atoms with van der Waals surface area (Å²) in [6, 6.07) is 18.7. The summed E-state index contributed by atoms with van der Waals surface area (Å²) in [5, 5.41) is 12.7. The molecular weight excluding hydrogens is 560 g/mol. The molecule has 224 valence electrons. The maximum absolute atomic E-state index is 13.7. The van der Waals surface area contributed by atoms with E-state index in [9.17, 15) is 23.1 Å². The lowest BCUT2D eigenvalue weighted by Gasteiger charge is -2.38. The van der Waals surface area contributed by atoms with Gasteiger partial charge in [-0.2, -0.15) is 0 Å². The fourth-order valence-corrected chi connectivity index (χ4v) is 5.66.